The summed E-state index contributed by atoms with van der Waals surface area (Å²) in [6.45, 7) is 8.75. The Bertz CT molecular complexity index is 581. The van der Waals surface area contributed by atoms with E-state index in [9.17, 15) is 0 Å². The number of hydrogen-bond acceptors (Lipinski definition) is 1. The summed E-state index contributed by atoms with van der Waals surface area (Å²) in [5, 5.41) is 0. The standard InChI is InChI=1S/C20H27N/c1-14(2)18-9-7-17(8-10-18)12-20(21)13-19-11-15(3)5-6-16(19)4/h5-11,14,20H,12-13,21H2,1-4H3. The molecule has 0 radical (unpaired) electrons. The zero-order chi connectivity index (χ0) is 15.4. The van der Waals surface area contributed by atoms with Gasteiger partial charge in [-0.25, -0.2) is 0 Å². The molecule has 0 amide bonds. The van der Waals surface area contributed by atoms with Crippen LogP contribution in [-0.4, -0.2) is 6.04 Å². The highest BCUT2D eigenvalue weighted by Gasteiger charge is 2.08. The first-order chi connectivity index (χ1) is 9.95. The van der Waals surface area contributed by atoms with Gasteiger partial charge in [0.2, 0.25) is 0 Å². The van der Waals surface area contributed by atoms with Gasteiger partial charge < -0.3 is 5.73 Å². The van der Waals surface area contributed by atoms with Gasteiger partial charge >= 0.3 is 0 Å². The predicted molar refractivity (Wildman–Crippen MR) is 91.8 cm³/mol. The molecule has 2 rings (SSSR count). The second-order valence-electron chi connectivity index (χ2n) is 6.49. The zero-order valence-corrected chi connectivity index (χ0v) is 13.7. The molecule has 2 N–H and O–H groups in total. The van der Waals surface area contributed by atoms with Crippen LogP contribution in [0.3, 0.4) is 0 Å². The Kier molecular flexibility index (Phi) is 5.19. The minimum atomic E-state index is 0.176. The fourth-order valence-electron chi connectivity index (χ4n) is 2.72. The maximum absolute atomic E-state index is 6.35. The Morgan fingerprint density at radius 3 is 2.19 bits per heavy atom. The van der Waals surface area contributed by atoms with Crippen molar-refractivity contribution in [1.29, 1.82) is 0 Å². The summed E-state index contributed by atoms with van der Waals surface area (Å²) in [6.07, 6.45) is 1.88. The lowest BCUT2D eigenvalue weighted by molar-refractivity contribution is 0.662. The molecule has 0 aliphatic carbocycles. The minimum absolute atomic E-state index is 0.176. The first kappa shape index (κ1) is 15.8. The van der Waals surface area contributed by atoms with Gasteiger partial charge in [-0.1, -0.05) is 61.9 Å². The number of hydrogen-bond donors (Lipinski definition) is 1. The largest absolute Gasteiger partial charge is 0.327 e. The van der Waals surface area contributed by atoms with Crippen LogP contribution in [-0.2, 0) is 12.8 Å². The Labute approximate surface area is 129 Å². The van der Waals surface area contributed by atoms with E-state index in [1.54, 1.807) is 0 Å². The molecular formula is C20H27N. The predicted octanol–water partition coefficient (Wildman–Crippen LogP) is 4.54. The SMILES string of the molecule is Cc1ccc(C)c(CC(N)Cc2ccc(C(C)C)cc2)c1. The Morgan fingerprint density at radius 1 is 0.905 bits per heavy atom. The highest BCUT2D eigenvalue weighted by atomic mass is 14.6. The molecule has 1 nitrogen and oxygen atoms in total. The van der Waals surface area contributed by atoms with Crippen LogP contribution in [0.5, 0.6) is 0 Å². The highest BCUT2D eigenvalue weighted by Crippen LogP contribution is 2.17. The van der Waals surface area contributed by atoms with Crippen LogP contribution in [0.1, 0.15) is 47.6 Å². The van der Waals surface area contributed by atoms with Crippen molar-refractivity contribution in [2.24, 2.45) is 5.73 Å². The monoisotopic (exact) mass is 281 g/mol. The normalized spacial score (nSPS) is 12.7. The van der Waals surface area contributed by atoms with E-state index in [1.165, 1.54) is 27.8 Å². The Balaban J connectivity index is 2.01. The van der Waals surface area contributed by atoms with Crippen LogP contribution in [0.25, 0.3) is 0 Å². The summed E-state index contributed by atoms with van der Waals surface area (Å²) in [7, 11) is 0. The van der Waals surface area contributed by atoms with Crippen molar-refractivity contribution >= 4 is 0 Å². The van der Waals surface area contributed by atoms with Crippen molar-refractivity contribution in [3.8, 4) is 0 Å². The number of benzene rings is 2. The van der Waals surface area contributed by atoms with E-state index >= 15 is 0 Å². The molecule has 2 aromatic rings. The molecule has 0 aliphatic rings. The first-order valence-electron chi connectivity index (χ1n) is 7.86. The molecule has 2 aromatic carbocycles. The van der Waals surface area contributed by atoms with Crippen molar-refractivity contribution < 1.29 is 0 Å². The van der Waals surface area contributed by atoms with E-state index in [0.717, 1.165) is 12.8 Å². The van der Waals surface area contributed by atoms with Crippen LogP contribution in [0.2, 0.25) is 0 Å². The second-order valence-corrected chi connectivity index (χ2v) is 6.49. The number of aryl methyl sites for hydroxylation is 2. The first-order valence-corrected chi connectivity index (χ1v) is 7.86. The average molecular weight is 281 g/mol. The van der Waals surface area contributed by atoms with Crippen molar-refractivity contribution in [2.75, 3.05) is 0 Å². The maximum atomic E-state index is 6.35. The van der Waals surface area contributed by atoms with E-state index in [2.05, 4.69) is 70.2 Å². The van der Waals surface area contributed by atoms with Crippen molar-refractivity contribution in [3.63, 3.8) is 0 Å². The van der Waals surface area contributed by atoms with Gasteiger partial charge in [0, 0.05) is 6.04 Å². The zero-order valence-electron chi connectivity index (χ0n) is 13.7. The van der Waals surface area contributed by atoms with Gasteiger partial charge in [-0.05, 0) is 54.9 Å². The third kappa shape index (κ3) is 4.44. The molecule has 0 heterocycles. The van der Waals surface area contributed by atoms with Crippen molar-refractivity contribution in [3.05, 3.63) is 70.3 Å². The van der Waals surface area contributed by atoms with Crippen molar-refractivity contribution in [1.82, 2.24) is 0 Å². The van der Waals surface area contributed by atoms with E-state index in [-0.39, 0.29) is 6.04 Å². The lowest BCUT2D eigenvalue weighted by Crippen LogP contribution is -2.26. The van der Waals surface area contributed by atoms with E-state index in [4.69, 9.17) is 5.73 Å². The van der Waals surface area contributed by atoms with Gasteiger partial charge in [0.05, 0.1) is 0 Å². The minimum Gasteiger partial charge on any atom is -0.327 e. The van der Waals surface area contributed by atoms with Gasteiger partial charge in [-0.3, -0.25) is 0 Å². The molecular weight excluding hydrogens is 254 g/mol. The molecule has 0 aliphatic heterocycles. The molecule has 0 aromatic heterocycles. The molecule has 112 valence electrons. The third-order valence-corrected chi connectivity index (χ3v) is 4.13. The summed E-state index contributed by atoms with van der Waals surface area (Å²) in [5.74, 6) is 0.586. The Morgan fingerprint density at radius 2 is 1.57 bits per heavy atom. The van der Waals surface area contributed by atoms with E-state index < -0.39 is 0 Å². The maximum Gasteiger partial charge on any atom is 0.0120 e. The molecule has 21 heavy (non-hydrogen) atoms. The molecule has 0 fully saturated rings. The van der Waals surface area contributed by atoms with Gasteiger partial charge in [0.15, 0.2) is 0 Å². The average Bonchev–Trinajstić information content (AvgIpc) is 2.43. The summed E-state index contributed by atoms with van der Waals surface area (Å²) in [5.41, 5.74) is 13.1. The number of rotatable bonds is 5. The third-order valence-electron chi connectivity index (χ3n) is 4.13. The van der Waals surface area contributed by atoms with Gasteiger partial charge in [-0.2, -0.15) is 0 Å². The van der Waals surface area contributed by atoms with E-state index in [0.29, 0.717) is 5.92 Å². The van der Waals surface area contributed by atoms with Crippen LogP contribution < -0.4 is 5.73 Å². The second kappa shape index (κ2) is 6.91. The fourth-order valence-corrected chi connectivity index (χ4v) is 2.72. The summed E-state index contributed by atoms with van der Waals surface area (Å²) in [6, 6.07) is 15.7. The topological polar surface area (TPSA) is 26.0 Å². The lowest BCUT2D eigenvalue weighted by atomic mass is 9.94. The molecule has 1 heteroatoms. The molecule has 0 spiro atoms. The van der Waals surface area contributed by atoms with Gasteiger partial charge in [0.25, 0.3) is 0 Å². The van der Waals surface area contributed by atoms with Crippen LogP contribution >= 0.6 is 0 Å². The summed E-state index contributed by atoms with van der Waals surface area (Å²) >= 11 is 0. The highest BCUT2D eigenvalue weighted by molar-refractivity contribution is 5.32. The molecule has 0 saturated heterocycles. The van der Waals surface area contributed by atoms with Gasteiger partial charge in [0.1, 0.15) is 0 Å². The fraction of sp³-hybridized carbons (Fsp3) is 0.400. The molecule has 1 atom stereocenters. The van der Waals surface area contributed by atoms with Crippen LogP contribution in [0.4, 0.5) is 0 Å². The smallest absolute Gasteiger partial charge is 0.0120 e. The molecule has 1 unspecified atom stereocenters. The van der Waals surface area contributed by atoms with Crippen LogP contribution in [0, 0.1) is 13.8 Å². The molecule has 0 saturated carbocycles. The summed E-state index contributed by atoms with van der Waals surface area (Å²) in [4.78, 5) is 0. The van der Waals surface area contributed by atoms with Gasteiger partial charge in [-0.15, -0.1) is 0 Å². The van der Waals surface area contributed by atoms with E-state index in [1.807, 2.05) is 0 Å². The van der Waals surface area contributed by atoms with Crippen LogP contribution in [0.15, 0.2) is 42.5 Å². The molecule has 0 bridgehead atoms. The van der Waals surface area contributed by atoms with Crippen molar-refractivity contribution in [2.45, 2.75) is 52.5 Å². The summed E-state index contributed by atoms with van der Waals surface area (Å²) < 4.78 is 0. The number of nitrogens with two attached hydrogens (primary N) is 1. The lowest BCUT2D eigenvalue weighted by Gasteiger charge is -2.15. The quantitative estimate of drug-likeness (QED) is 0.855. The Hall–Kier alpha value is -1.60.